The minimum absolute atomic E-state index is 0.204. The lowest BCUT2D eigenvalue weighted by molar-refractivity contribution is 0.0740. The van der Waals surface area contributed by atoms with Crippen molar-refractivity contribution in [3.05, 3.63) is 23.6 Å². The number of halogens is 1. The molecule has 1 N–H and O–H groups in total. The van der Waals surface area contributed by atoms with Gasteiger partial charge in [-0.3, -0.25) is 4.79 Å². The summed E-state index contributed by atoms with van der Waals surface area (Å²) in [4.78, 5) is 18.1. The van der Waals surface area contributed by atoms with Crippen molar-refractivity contribution in [2.45, 2.75) is 27.2 Å². The van der Waals surface area contributed by atoms with Gasteiger partial charge < -0.3 is 10.2 Å². The molecule has 0 unspecified atom stereocenters. The molecule has 1 amide bonds. The molecule has 1 aromatic heterocycles. The SMILES string of the molecule is CCNc1ncc(F)cc1C(=O)N(CCC#N)CC(C)C. The van der Waals surface area contributed by atoms with Crippen molar-refractivity contribution in [1.82, 2.24) is 9.88 Å². The standard InChI is InChI=1S/C15H21FN4O/c1-4-18-14-13(8-12(16)9-19-14)15(21)20(7-5-6-17)10-11(2)3/h8-9,11H,4-5,7,10H2,1-3H3,(H,18,19). The number of nitriles is 1. The maximum absolute atomic E-state index is 13.4. The Morgan fingerprint density at radius 1 is 1.57 bits per heavy atom. The second-order valence-corrected chi connectivity index (χ2v) is 5.13. The number of rotatable bonds is 7. The summed E-state index contributed by atoms with van der Waals surface area (Å²) in [5.74, 6) is -0.224. The van der Waals surface area contributed by atoms with Gasteiger partial charge in [0.05, 0.1) is 24.3 Å². The highest BCUT2D eigenvalue weighted by atomic mass is 19.1. The number of hydrogen-bond donors (Lipinski definition) is 1. The van der Waals surface area contributed by atoms with E-state index in [9.17, 15) is 9.18 Å². The number of carbonyl (C=O) groups excluding carboxylic acids is 1. The fraction of sp³-hybridized carbons (Fsp3) is 0.533. The lowest BCUT2D eigenvalue weighted by Gasteiger charge is -2.24. The third kappa shape index (κ3) is 5.03. The van der Waals surface area contributed by atoms with Crippen LogP contribution in [0, 0.1) is 23.1 Å². The van der Waals surface area contributed by atoms with E-state index in [1.165, 1.54) is 6.07 Å². The summed E-state index contributed by atoms with van der Waals surface area (Å²) in [6.07, 6.45) is 1.33. The van der Waals surface area contributed by atoms with Gasteiger partial charge in [0.15, 0.2) is 0 Å². The Bertz CT molecular complexity index is 525. The van der Waals surface area contributed by atoms with Crippen LogP contribution in [0.15, 0.2) is 12.3 Å². The Labute approximate surface area is 124 Å². The molecule has 0 saturated carbocycles. The average molecular weight is 292 g/mol. The zero-order valence-electron chi connectivity index (χ0n) is 12.7. The van der Waals surface area contributed by atoms with Crippen molar-refractivity contribution in [2.24, 2.45) is 5.92 Å². The molecule has 6 heteroatoms. The summed E-state index contributed by atoms with van der Waals surface area (Å²) >= 11 is 0. The van der Waals surface area contributed by atoms with E-state index in [4.69, 9.17) is 5.26 Å². The van der Waals surface area contributed by atoms with Crippen LogP contribution in [0.3, 0.4) is 0 Å². The number of amides is 1. The van der Waals surface area contributed by atoms with E-state index in [1.54, 1.807) is 4.90 Å². The highest BCUT2D eigenvalue weighted by Crippen LogP contribution is 2.17. The molecule has 1 aromatic rings. The van der Waals surface area contributed by atoms with Gasteiger partial charge in [0, 0.05) is 19.6 Å². The van der Waals surface area contributed by atoms with Gasteiger partial charge in [0.2, 0.25) is 0 Å². The van der Waals surface area contributed by atoms with Crippen LogP contribution in [0.5, 0.6) is 0 Å². The summed E-state index contributed by atoms with van der Waals surface area (Å²) in [6.45, 7) is 7.28. The van der Waals surface area contributed by atoms with Crippen LogP contribution in [0.25, 0.3) is 0 Å². The Morgan fingerprint density at radius 2 is 2.29 bits per heavy atom. The van der Waals surface area contributed by atoms with Crippen LogP contribution in [0.2, 0.25) is 0 Å². The summed E-state index contributed by atoms with van der Waals surface area (Å²) in [6, 6.07) is 3.22. The Morgan fingerprint density at radius 3 is 2.86 bits per heavy atom. The van der Waals surface area contributed by atoms with E-state index in [1.807, 2.05) is 26.8 Å². The van der Waals surface area contributed by atoms with Gasteiger partial charge in [0.1, 0.15) is 11.6 Å². The van der Waals surface area contributed by atoms with Crippen LogP contribution in [-0.4, -0.2) is 35.4 Å². The minimum atomic E-state index is -0.551. The van der Waals surface area contributed by atoms with Crippen LogP contribution >= 0.6 is 0 Å². The monoisotopic (exact) mass is 292 g/mol. The second kappa shape index (κ2) is 8.20. The summed E-state index contributed by atoms with van der Waals surface area (Å²) in [5, 5.41) is 11.7. The third-order valence-corrected chi connectivity index (χ3v) is 2.80. The van der Waals surface area contributed by atoms with Crippen LogP contribution in [0.1, 0.15) is 37.6 Å². The quantitative estimate of drug-likeness (QED) is 0.839. The molecule has 5 nitrogen and oxygen atoms in total. The van der Waals surface area contributed by atoms with Gasteiger partial charge in [-0.2, -0.15) is 5.26 Å². The third-order valence-electron chi connectivity index (χ3n) is 2.80. The highest BCUT2D eigenvalue weighted by molar-refractivity contribution is 5.98. The molecule has 0 aliphatic carbocycles. The summed E-state index contributed by atoms with van der Waals surface area (Å²) in [7, 11) is 0. The number of nitrogens with one attached hydrogen (secondary N) is 1. The maximum Gasteiger partial charge on any atom is 0.257 e. The largest absolute Gasteiger partial charge is 0.370 e. The Hall–Kier alpha value is -2.16. The zero-order valence-corrected chi connectivity index (χ0v) is 12.7. The van der Waals surface area contributed by atoms with Crippen molar-refractivity contribution in [1.29, 1.82) is 5.26 Å². The van der Waals surface area contributed by atoms with Gasteiger partial charge in [0.25, 0.3) is 5.91 Å². The fourth-order valence-corrected chi connectivity index (χ4v) is 1.98. The molecule has 0 aliphatic rings. The number of aromatic nitrogens is 1. The van der Waals surface area contributed by atoms with Crippen LogP contribution in [-0.2, 0) is 0 Å². The van der Waals surface area contributed by atoms with E-state index in [2.05, 4.69) is 10.3 Å². The molecule has 0 fully saturated rings. The molecule has 0 spiro atoms. The molecule has 0 aromatic carbocycles. The average Bonchev–Trinajstić information content (AvgIpc) is 2.44. The first-order chi connectivity index (χ1) is 9.99. The number of hydrogen-bond acceptors (Lipinski definition) is 4. The van der Waals surface area contributed by atoms with E-state index < -0.39 is 5.82 Å². The first-order valence-corrected chi connectivity index (χ1v) is 7.05. The van der Waals surface area contributed by atoms with Gasteiger partial charge in [-0.25, -0.2) is 9.37 Å². The van der Waals surface area contributed by atoms with E-state index in [0.717, 1.165) is 6.20 Å². The Balaban J connectivity index is 3.06. The lowest BCUT2D eigenvalue weighted by Crippen LogP contribution is -2.35. The maximum atomic E-state index is 13.4. The van der Waals surface area contributed by atoms with E-state index in [0.29, 0.717) is 25.5 Å². The molecule has 0 saturated heterocycles. The molecular weight excluding hydrogens is 271 g/mol. The first-order valence-electron chi connectivity index (χ1n) is 7.05. The molecule has 0 aliphatic heterocycles. The van der Waals surface area contributed by atoms with Crippen molar-refractivity contribution >= 4 is 11.7 Å². The molecule has 0 radical (unpaired) electrons. The van der Waals surface area contributed by atoms with Crippen molar-refractivity contribution < 1.29 is 9.18 Å². The molecule has 0 atom stereocenters. The summed E-state index contributed by atoms with van der Waals surface area (Å²) < 4.78 is 13.4. The topological polar surface area (TPSA) is 69.0 Å². The molecular formula is C15H21FN4O. The van der Waals surface area contributed by atoms with E-state index >= 15 is 0 Å². The number of carbonyl (C=O) groups is 1. The zero-order chi connectivity index (χ0) is 15.8. The highest BCUT2D eigenvalue weighted by Gasteiger charge is 2.21. The summed E-state index contributed by atoms with van der Waals surface area (Å²) in [5.41, 5.74) is 0.204. The Kier molecular flexibility index (Phi) is 6.60. The van der Waals surface area contributed by atoms with Gasteiger partial charge in [-0.05, 0) is 18.9 Å². The number of pyridine rings is 1. The molecule has 0 bridgehead atoms. The fourth-order valence-electron chi connectivity index (χ4n) is 1.98. The predicted molar refractivity (Wildman–Crippen MR) is 79.3 cm³/mol. The first kappa shape index (κ1) is 16.9. The van der Waals surface area contributed by atoms with Crippen LogP contribution < -0.4 is 5.32 Å². The number of nitrogens with zero attached hydrogens (tertiary/aromatic N) is 3. The van der Waals surface area contributed by atoms with Gasteiger partial charge in [-0.15, -0.1) is 0 Å². The van der Waals surface area contributed by atoms with Crippen LogP contribution in [0.4, 0.5) is 10.2 Å². The molecule has 1 heterocycles. The smallest absolute Gasteiger partial charge is 0.257 e. The minimum Gasteiger partial charge on any atom is -0.370 e. The van der Waals surface area contributed by atoms with Crippen molar-refractivity contribution in [3.63, 3.8) is 0 Å². The van der Waals surface area contributed by atoms with Crippen molar-refractivity contribution in [3.8, 4) is 6.07 Å². The second-order valence-electron chi connectivity index (χ2n) is 5.13. The lowest BCUT2D eigenvalue weighted by atomic mass is 10.1. The molecule has 114 valence electrons. The molecule has 21 heavy (non-hydrogen) atoms. The normalized spacial score (nSPS) is 10.3. The van der Waals surface area contributed by atoms with Gasteiger partial charge in [-0.1, -0.05) is 13.8 Å². The van der Waals surface area contributed by atoms with Crippen molar-refractivity contribution in [2.75, 3.05) is 25.0 Å². The molecule has 1 rings (SSSR count). The predicted octanol–water partition coefficient (Wildman–Crippen LogP) is 2.66. The van der Waals surface area contributed by atoms with Gasteiger partial charge >= 0.3 is 0 Å². The van der Waals surface area contributed by atoms with E-state index in [-0.39, 0.29) is 23.8 Å². The number of anilines is 1.